The van der Waals surface area contributed by atoms with Crippen molar-refractivity contribution in [3.8, 4) is 33.9 Å². The Bertz CT molecular complexity index is 3240. The van der Waals surface area contributed by atoms with Crippen LogP contribution in [0.3, 0.4) is 0 Å². The van der Waals surface area contributed by atoms with Crippen LogP contribution in [0.15, 0.2) is 139 Å². The largest absolute Gasteiger partial charge is 0.451 e. The van der Waals surface area contributed by atoms with Gasteiger partial charge in [0.2, 0.25) is 0 Å². The fourth-order valence-corrected chi connectivity index (χ4v) is 10.6. The SMILES string of the molecule is C[Si](C)(C)c1cc2c(oc3c(-c4cncc5c6cnccc6n(-c6ccccc6)c45)nc([Si](C)(C)C)cc32)c(-c2cncc3c4cnccc4n(-c4ccccc4)c23)n1. The fourth-order valence-electron chi connectivity index (χ4n) is 8.55. The third-order valence-electron chi connectivity index (χ3n) is 11.5. The summed E-state index contributed by atoms with van der Waals surface area (Å²) >= 11 is 0. The summed E-state index contributed by atoms with van der Waals surface area (Å²) in [5, 5.41) is 8.30. The lowest BCUT2D eigenvalue weighted by molar-refractivity contribution is 0.668. The number of pyridine rings is 6. The van der Waals surface area contributed by atoms with Crippen molar-refractivity contribution in [2.45, 2.75) is 39.3 Å². The van der Waals surface area contributed by atoms with Crippen LogP contribution in [0.2, 0.25) is 39.3 Å². The van der Waals surface area contributed by atoms with Crippen molar-refractivity contribution in [2.24, 2.45) is 0 Å². The molecule has 2 aromatic carbocycles. The Balaban J connectivity index is 1.30. The number of fused-ring (bicyclic) bond motifs is 9. The Morgan fingerprint density at radius 1 is 0.441 bits per heavy atom. The Morgan fingerprint density at radius 2 is 0.847 bits per heavy atom. The Hall–Kier alpha value is -6.83. The molecule has 0 aliphatic carbocycles. The Kier molecular flexibility index (Phi) is 7.69. The Morgan fingerprint density at radius 3 is 1.25 bits per heavy atom. The number of hydrogen-bond donors (Lipinski definition) is 0. The van der Waals surface area contributed by atoms with Gasteiger partial charge in [-0.1, -0.05) is 75.7 Å². The summed E-state index contributed by atoms with van der Waals surface area (Å²) in [7, 11) is -3.99. The molecule has 11 aromatic rings. The molecule has 0 radical (unpaired) electrons. The molecule has 0 amide bonds. The van der Waals surface area contributed by atoms with Crippen LogP contribution >= 0.6 is 0 Å². The van der Waals surface area contributed by atoms with Gasteiger partial charge in [0.25, 0.3) is 0 Å². The second-order valence-electron chi connectivity index (χ2n) is 17.4. The van der Waals surface area contributed by atoms with Gasteiger partial charge in [-0.25, -0.2) is 0 Å². The van der Waals surface area contributed by atoms with E-state index in [0.29, 0.717) is 11.2 Å². The predicted molar refractivity (Wildman–Crippen MR) is 246 cm³/mol. The van der Waals surface area contributed by atoms with Crippen LogP contribution in [-0.4, -0.2) is 55.2 Å². The molecular weight excluding hydrogens is 761 g/mol. The molecule has 11 rings (SSSR count). The second-order valence-corrected chi connectivity index (χ2v) is 27.4. The van der Waals surface area contributed by atoms with Crippen LogP contribution in [-0.2, 0) is 0 Å². The lowest BCUT2D eigenvalue weighted by atomic mass is 10.1. The van der Waals surface area contributed by atoms with Crippen LogP contribution in [0.1, 0.15) is 0 Å². The van der Waals surface area contributed by atoms with Crippen molar-refractivity contribution in [1.29, 1.82) is 0 Å². The average molecular weight is 801 g/mol. The van der Waals surface area contributed by atoms with E-state index in [1.54, 1.807) is 0 Å². The lowest BCUT2D eigenvalue weighted by Gasteiger charge is -2.18. The molecule has 0 bridgehead atoms. The van der Waals surface area contributed by atoms with Crippen LogP contribution < -0.4 is 10.6 Å². The zero-order valence-electron chi connectivity index (χ0n) is 33.7. The molecule has 0 saturated heterocycles. The first-order valence-corrected chi connectivity index (χ1v) is 26.9. The molecule has 11 heteroatoms. The molecule has 9 nitrogen and oxygen atoms in total. The summed E-state index contributed by atoms with van der Waals surface area (Å²) in [4.78, 5) is 29.9. The molecule has 59 heavy (non-hydrogen) atoms. The predicted octanol–water partition coefficient (Wildman–Crippen LogP) is 10.6. The minimum Gasteiger partial charge on any atom is -0.451 e. The van der Waals surface area contributed by atoms with E-state index in [0.717, 1.165) is 98.9 Å². The normalized spacial score (nSPS) is 12.6. The first-order chi connectivity index (χ1) is 28.6. The van der Waals surface area contributed by atoms with E-state index in [9.17, 15) is 0 Å². The van der Waals surface area contributed by atoms with Crippen molar-refractivity contribution >= 4 is 92.3 Å². The summed E-state index contributed by atoms with van der Waals surface area (Å²) in [5.74, 6) is 0. The maximum atomic E-state index is 7.30. The molecule has 0 spiro atoms. The molecule has 9 heterocycles. The van der Waals surface area contributed by atoms with E-state index < -0.39 is 16.1 Å². The molecular formula is C48H40N8OSi2. The van der Waals surface area contributed by atoms with E-state index in [1.165, 1.54) is 0 Å². The highest BCUT2D eigenvalue weighted by atomic mass is 28.3. The number of rotatable bonds is 6. The van der Waals surface area contributed by atoms with Gasteiger partial charge in [0.15, 0.2) is 11.2 Å². The molecule has 0 fully saturated rings. The second kappa shape index (κ2) is 12.8. The number of nitrogens with zero attached hydrogens (tertiary/aromatic N) is 8. The van der Waals surface area contributed by atoms with Gasteiger partial charge in [0.1, 0.15) is 27.5 Å². The first-order valence-electron chi connectivity index (χ1n) is 19.9. The first kappa shape index (κ1) is 35.3. The number of benzene rings is 2. The van der Waals surface area contributed by atoms with Crippen molar-refractivity contribution in [1.82, 2.24) is 39.0 Å². The zero-order chi connectivity index (χ0) is 40.2. The highest BCUT2D eigenvalue weighted by Crippen LogP contribution is 2.44. The summed E-state index contributed by atoms with van der Waals surface area (Å²) in [6.07, 6.45) is 15.3. The Labute approximate surface area is 342 Å². The van der Waals surface area contributed by atoms with Crippen molar-refractivity contribution in [3.63, 3.8) is 0 Å². The van der Waals surface area contributed by atoms with Crippen LogP contribution in [0, 0.1) is 0 Å². The summed E-state index contributed by atoms with van der Waals surface area (Å²) in [6.45, 7) is 14.1. The number of para-hydroxylation sites is 2. The molecule has 9 aromatic heterocycles. The quantitative estimate of drug-likeness (QED) is 0.154. The van der Waals surface area contributed by atoms with Gasteiger partial charge in [-0.05, 0) is 48.5 Å². The fraction of sp³-hybridized carbons (Fsp3) is 0.125. The van der Waals surface area contributed by atoms with Crippen molar-refractivity contribution in [3.05, 3.63) is 135 Å². The summed E-state index contributed by atoms with van der Waals surface area (Å²) in [6, 6.07) is 29.7. The number of hydrogen-bond acceptors (Lipinski definition) is 7. The van der Waals surface area contributed by atoms with Crippen LogP contribution in [0.4, 0.5) is 0 Å². The molecule has 286 valence electrons. The highest BCUT2D eigenvalue weighted by molar-refractivity contribution is 6.88. The van der Waals surface area contributed by atoms with Crippen LogP contribution in [0.25, 0.3) is 99.4 Å². The monoisotopic (exact) mass is 800 g/mol. The minimum absolute atomic E-state index is 0.711. The van der Waals surface area contributed by atoms with Gasteiger partial charge in [-0.2, -0.15) is 0 Å². The molecule has 0 unspecified atom stereocenters. The maximum Gasteiger partial charge on any atom is 0.161 e. The van der Waals surface area contributed by atoms with Gasteiger partial charge >= 0.3 is 0 Å². The van der Waals surface area contributed by atoms with E-state index in [4.69, 9.17) is 24.4 Å². The van der Waals surface area contributed by atoms with Gasteiger partial charge in [-0.3, -0.25) is 29.9 Å². The molecule has 0 N–H and O–H groups in total. The van der Waals surface area contributed by atoms with E-state index in [-0.39, 0.29) is 0 Å². The molecule has 0 atom stereocenters. The lowest BCUT2D eigenvalue weighted by Crippen LogP contribution is -2.40. The third kappa shape index (κ3) is 5.41. The van der Waals surface area contributed by atoms with Crippen molar-refractivity contribution in [2.75, 3.05) is 0 Å². The molecule has 0 saturated carbocycles. The van der Waals surface area contributed by atoms with Gasteiger partial charge < -0.3 is 13.6 Å². The maximum absolute atomic E-state index is 7.30. The number of furan rings is 1. The van der Waals surface area contributed by atoms with Gasteiger partial charge in [0, 0.05) is 115 Å². The number of aromatic nitrogens is 8. The standard InChI is InChI=1S/C48H40N8OSi2/c1-58(2,3)41-21-31-32-22-42(59(4,5)6)54-44(38-28-52-26-36-34-24-50-20-18-40(34)56(46(36)38)30-15-11-8-12-16-30)48(32)57-47(31)43(53-41)37-27-51-25-35-33-23-49-19-17-39(33)55(45(35)37)29-13-9-7-10-14-29/h7-28H,1-6H3. The topological polar surface area (TPSA) is 100 Å². The molecule has 0 aliphatic rings. The van der Waals surface area contributed by atoms with Crippen molar-refractivity contribution < 1.29 is 4.42 Å². The minimum atomic E-state index is -2.00. The highest BCUT2D eigenvalue weighted by Gasteiger charge is 2.30. The van der Waals surface area contributed by atoms with E-state index >= 15 is 0 Å². The average Bonchev–Trinajstić information content (AvgIpc) is 3.91. The molecule has 0 aliphatic heterocycles. The van der Waals surface area contributed by atoms with E-state index in [2.05, 4.69) is 131 Å². The zero-order valence-corrected chi connectivity index (χ0v) is 35.7. The van der Waals surface area contributed by atoms with Crippen LogP contribution in [0.5, 0.6) is 0 Å². The van der Waals surface area contributed by atoms with Gasteiger partial charge in [-0.15, -0.1) is 0 Å². The smallest absolute Gasteiger partial charge is 0.161 e. The summed E-state index contributed by atoms with van der Waals surface area (Å²) < 4.78 is 11.9. The third-order valence-corrected chi connectivity index (χ3v) is 15.0. The summed E-state index contributed by atoms with van der Waals surface area (Å²) in [5.41, 5.74) is 11.0. The van der Waals surface area contributed by atoms with E-state index in [1.807, 2.05) is 61.7 Å². The van der Waals surface area contributed by atoms with Gasteiger partial charge in [0.05, 0.1) is 22.1 Å².